The molecule has 2 N–H and O–H groups in total. The van der Waals surface area contributed by atoms with Crippen LogP contribution < -0.4 is 0 Å². The molecule has 0 unspecified atom stereocenters. The van der Waals surface area contributed by atoms with Crippen molar-refractivity contribution in [2.75, 3.05) is 0 Å². The normalized spacial score (nSPS) is 20.3. The van der Waals surface area contributed by atoms with Crippen LogP contribution in [-0.4, -0.2) is 36.8 Å². The fourth-order valence-corrected chi connectivity index (χ4v) is 3.14. The van der Waals surface area contributed by atoms with Crippen LogP contribution in [0.2, 0.25) is 18.1 Å². The van der Waals surface area contributed by atoms with Gasteiger partial charge >= 0.3 is 0 Å². The molecule has 0 aliphatic rings. The molecule has 19 heavy (non-hydrogen) atoms. The van der Waals surface area contributed by atoms with Crippen LogP contribution in [0.5, 0.6) is 0 Å². The van der Waals surface area contributed by atoms with E-state index in [2.05, 4.69) is 33.9 Å². The van der Waals surface area contributed by atoms with Crippen LogP contribution >= 0.6 is 0 Å². The second-order valence-electron chi connectivity index (χ2n) is 6.95. The molecule has 0 saturated carbocycles. The summed E-state index contributed by atoms with van der Waals surface area (Å²) in [5.74, 6) is -0.240. The van der Waals surface area contributed by atoms with Crippen LogP contribution in [0.15, 0.2) is 12.2 Å². The Morgan fingerprint density at radius 3 is 1.95 bits per heavy atom. The van der Waals surface area contributed by atoms with Crippen molar-refractivity contribution in [3.05, 3.63) is 12.2 Å². The quantitative estimate of drug-likeness (QED) is 0.582. The van der Waals surface area contributed by atoms with Gasteiger partial charge in [-0.2, -0.15) is 0 Å². The fraction of sp³-hybridized carbons (Fsp3) is 0.867. The summed E-state index contributed by atoms with van der Waals surface area (Å²) >= 11 is 0. The van der Waals surface area contributed by atoms with Crippen molar-refractivity contribution in [2.45, 2.75) is 78.0 Å². The predicted molar refractivity (Wildman–Crippen MR) is 83.7 cm³/mol. The van der Waals surface area contributed by atoms with Crippen molar-refractivity contribution < 1.29 is 14.6 Å². The van der Waals surface area contributed by atoms with Gasteiger partial charge in [-0.15, -0.1) is 0 Å². The maximum Gasteiger partial charge on any atom is 0.192 e. The van der Waals surface area contributed by atoms with Crippen molar-refractivity contribution in [1.82, 2.24) is 0 Å². The number of aliphatic hydroxyl groups excluding tert-OH is 2. The largest absolute Gasteiger partial charge is 0.412 e. The van der Waals surface area contributed by atoms with Gasteiger partial charge in [-0.05, 0) is 32.0 Å². The molecule has 0 aromatic rings. The van der Waals surface area contributed by atoms with E-state index in [0.717, 1.165) is 0 Å². The fourth-order valence-electron chi connectivity index (χ4n) is 1.71. The molecule has 0 rings (SSSR count). The third-order valence-corrected chi connectivity index (χ3v) is 8.81. The van der Waals surface area contributed by atoms with E-state index in [4.69, 9.17) is 4.43 Å². The maximum atomic E-state index is 10.3. The summed E-state index contributed by atoms with van der Waals surface area (Å²) < 4.78 is 6.17. The number of allylic oxidation sites excluding steroid dienone is 1. The van der Waals surface area contributed by atoms with Crippen molar-refractivity contribution in [3.63, 3.8) is 0 Å². The molecule has 0 aromatic heterocycles. The average molecular weight is 289 g/mol. The second-order valence-corrected chi connectivity index (χ2v) is 11.7. The highest BCUT2D eigenvalue weighted by Crippen LogP contribution is 2.38. The summed E-state index contributed by atoms with van der Waals surface area (Å²) in [5.41, 5.74) is 0. The molecule has 0 aromatic carbocycles. The molecule has 0 aliphatic carbocycles. The van der Waals surface area contributed by atoms with E-state index < -0.39 is 20.5 Å². The Balaban J connectivity index is 4.71. The van der Waals surface area contributed by atoms with Crippen molar-refractivity contribution in [2.24, 2.45) is 5.92 Å². The van der Waals surface area contributed by atoms with Crippen LogP contribution in [0.4, 0.5) is 0 Å². The molecule has 0 spiro atoms. The van der Waals surface area contributed by atoms with Crippen molar-refractivity contribution in [1.29, 1.82) is 0 Å². The zero-order chi connectivity index (χ0) is 15.4. The molecule has 0 amide bonds. The Morgan fingerprint density at radius 1 is 1.11 bits per heavy atom. The van der Waals surface area contributed by atoms with E-state index in [0.29, 0.717) is 0 Å². The third-order valence-electron chi connectivity index (χ3n) is 4.23. The van der Waals surface area contributed by atoms with E-state index in [1.165, 1.54) is 0 Å². The van der Waals surface area contributed by atoms with E-state index >= 15 is 0 Å². The average Bonchev–Trinajstić information content (AvgIpc) is 2.25. The highest BCUT2D eigenvalue weighted by atomic mass is 28.4. The van der Waals surface area contributed by atoms with Crippen LogP contribution in [0, 0.1) is 5.92 Å². The number of hydrogen-bond acceptors (Lipinski definition) is 3. The van der Waals surface area contributed by atoms with Crippen molar-refractivity contribution >= 4 is 8.32 Å². The van der Waals surface area contributed by atoms with Crippen molar-refractivity contribution in [3.8, 4) is 0 Å². The predicted octanol–water partition coefficient (Wildman–Crippen LogP) is 3.33. The summed E-state index contributed by atoms with van der Waals surface area (Å²) in [6.45, 7) is 16.5. The lowest BCUT2D eigenvalue weighted by atomic mass is 9.94. The van der Waals surface area contributed by atoms with Gasteiger partial charge < -0.3 is 14.6 Å². The molecule has 114 valence electrons. The van der Waals surface area contributed by atoms with Gasteiger partial charge in [0.2, 0.25) is 0 Å². The first-order valence-electron chi connectivity index (χ1n) is 7.10. The van der Waals surface area contributed by atoms with E-state index in [9.17, 15) is 10.2 Å². The van der Waals surface area contributed by atoms with E-state index in [1.807, 2.05) is 20.8 Å². The highest BCUT2D eigenvalue weighted by molar-refractivity contribution is 6.74. The topological polar surface area (TPSA) is 49.7 Å². The zero-order valence-electron chi connectivity index (χ0n) is 13.8. The Morgan fingerprint density at radius 2 is 1.58 bits per heavy atom. The Hall–Kier alpha value is -0.163. The Bertz CT molecular complexity index is 294. The molecule has 0 saturated heterocycles. The van der Waals surface area contributed by atoms with E-state index in [1.54, 1.807) is 12.2 Å². The molecular weight excluding hydrogens is 256 g/mol. The molecule has 0 bridgehead atoms. The van der Waals surface area contributed by atoms with Gasteiger partial charge in [-0.25, -0.2) is 0 Å². The van der Waals surface area contributed by atoms with Crippen LogP contribution in [-0.2, 0) is 4.43 Å². The SMILES string of the molecule is C/C=C/[C@H](O)[C@@H](C)[C@H](O)[C@H](C)O[Si](C)(C)C(C)(C)C. The van der Waals surface area contributed by atoms with Gasteiger partial charge in [0.15, 0.2) is 8.32 Å². The van der Waals surface area contributed by atoms with Crippen LogP contribution in [0.3, 0.4) is 0 Å². The highest BCUT2D eigenvalue weighted by Gasteiger charge is 2.40. The number of aliphatic hydroxyl groups is 2. The lowest BCUT2D eigenvalue weighted by Gasteiger charge is -2.40. The molecule has 0 aliphatic heterocycles. The molecule has 3 nitrogen and oxygen atoms in total. The van der Waals surface area contributed by atoms with Gasteiger partial charge in [0, 0.05) is 5.92 Å². The first-order chi connectivity index (χ1) is 8.44. The molecule has 0 fully saturated rings. The summed E-state index contributed by atoms with van der Waals surface area (Å²) in [6.07, 6.45) is 1.93. The standard InChI is InChI=1S/C15H32O3Si/c1-9-10-13(16)11(2)14(17)12(3)18-19(7,8)15(4,5)6/h9-14,16-17H,1-8H3/b10-9+/t11-,12+,13+,14+/m1/s1. The molecule has 4 heteroatoms. The smallest absolute Gasteiger partial charge is 0.192 e. The zero-order valence-corrected chi connectivity index (χ0v) is 14.8. The van der Waals surface area contributed by atoms with Gasteiger partial charge in [-0.3, -0.25) is 0 Å². The maximum absolute atomic E-state index is 10.3. The number of rotatable bonds is 6. The molecule has 0 radical (unpaired) electrons. The first kappa shape index (κ1) is 18.8. The minimum atomic E-state index is -1.89. The summed E-state index contributed by atoms with van der Waals surface area (Å²) in [6, 6.07) is 0. The minimum Gasteiger partial charge on any atom is -0.412 e. The molecule has 4 atom stereocenters. The summed E-state index contributed by atoms with van der Waals surface area (Å²) in [4.78, 5) is 0. The first-order valence-corrected chi connectivity index (χ1v) is 10.0. The summed E-state index contributed by atoms with van der Waals surface area (Å²) in [5, 5.41) is 20.3. The Labute approximate surface area is 119 Å². The van der Waals surface area contributed by atoms with Gasteiger partial charge in [-0.1, -0.05) is 39.8 Å². The van der Waals surface area contributed by atoms with Gasteiger partial charge in [0.1, 0.15) is 0 Å². The molecule has 0 heterocycles. The summed E-state index contributed by atoms with van der Waals surface area (Å²) in [7, 11) is -1.89. The second kappa shape index (κ2) is 7.02. The van der Waals surface area contributed by atoms with Gasteiger partial charge in [0.05, 0.1) is 18.3 Å². The van der Waals surface area contributed by atoms with Crippen LogP contribution in [0.1, 0.15) is 41.5 Å². The lowest BCUT2D eigenvalue weighted by molar-refractivity contribution is -0.0271. The number of hydrogen-bond donors (Lipinski definition) is 2. The Kier molecular flexibility index (Phi) is 6.96. The monoisotopic (exact) mass is 288 g/mol. The molecular formula is C15H32O3Si. The third kappa shape index (κ3) is 5.38. The minimum absolute atomic E-state index is 0.117. The van der Waals surface area contributed by atoms with E-state index in [-0.39, 0.29) is 17.1 Å². The van der Waals surface area contributed by atoms with Crippen LogP contribution in [0.25, 0.3) is 0 Å². The van der Waals surface area contributed by atoms with Gasteiger partial charge in [0.25, 0.3) is 0 Å². The lowest BCUT2D eigenvalue weighted by Crippen LogP contribution is -2.48.